The van der Waals surface area contributed by atoms with Crippen LogP contribution in [0.1, 0.15) is 57.4 Å². The van der Waals surface area contributed by atoms with Gasteiger partial charge in [-0.05, 0) is 39.3 Å². The number of aryl methyl sites for hydroxylation is 3. The smallest absolute Gasteiger partial charge is 0.341 e. The summed E-state index contributed by atoms with van der Waals surface area (Å²) in [4.78, 5) is 25.6. The first-order valence-electron chi connectivity index (χ1n) is 7.64. The molecule has 124 valence electrons. The van der Waals surface area contributed by atoms with Gasteiger partial charge in [-0.1, -0.05) is 13.3 Å². The van der Waals surface area contributed by atoms with Crippen molar-refractivity contribution in [2.45, 2.75) is 40.5 Å². The van der Waals surface area contributed by atoms with Crippen molar-refractivity contribution >= 4 is 28.2 Å². The highest BCUT2D eigenvalue weighted by atomic mass is 32.1. The van der Waals surface area contributed by atoms with Crippen molar-refractivity contribution in [2.24, 2.45) is 0 Å². The predicted octanol–water partition coefficient (Wildman–Crippen LogP) is 4.34. The number of hydrogen-bond donors (Lipinski definition) is 1. The minimum absolute atomic E-state index is 0.283. The molecule has 1 N–H and O–H groups in total. The van der Waals surface area contributed by atoms with E-state index in [1.807, 2.05) is 0 Å². The molecule has 1 amide bonds. The summed E-state index contributed by atoms with van der Waals surface area (Å²) in [5.41, 5.74) is 0.884. The zero-order valence-corrected chi connectivity index (χ0v) is 14.6. The molecule has 5 nitrogen and oxygen atoms in total. The number of anilines is 1. The lowest BCUT2D eigenvalue weighted by Gasteiger charge is -2.05. The molecule has 6 heteroatoms. The van der Waals surface area contributed by atoms with Gasteiger partial charge in [-0.25, -0.2) is 4.79 Å². The number of esters is 1. The first-order valence-corrected chi connectivity index (χ1v) is 8.46. The third-order valence-electron chi connectivity index (χ3n) is 3.29. The lowest BCUT2D eigenvalue weighted by Crippen LogP contribution is -2.14. The number of carbonyl (C=O) groups excluding carboxylic acids is 2. The molecule has 0 unspecified atom stereocenters. The van der Waals surface area contributed by atoms with Crippen LogP contribution < -0.4 is 5.32 Å². The number of carbonyl (C=O) groups is 2. The van der Waals surface area contributed by atoms with Crippen LogP contribution in [0, 0.1) is 13.8 Å². The highest BCUT2D eigenvalue weighted by molar-refractivity contribution is 7.16. The molecule has 0 fully saturated rings. The largest absolute Gasteiger partial charge is 0.466 e. The highest BCUT2D eigenvalue weighted by Crippen LogP contribution is 2.30. The van der Waals surface area contributed by atoms with Crippen LogP contribution in [-0.4, -0.2) is 18.5 Å². The Labute approximate surface area is 139 Å². The summed E-state index contributed by atoms with van der Waals surface area (Å²) >= 11 is 1.41. The van der Waals surface area contributed by atoms with E-state index in [-0.39, 0.29) is 5.91 Å². The normalized spacial score (nSPS) is 10.6. The summed E-state index contributed by atoms with van der Waals surface area (Å²) < 4.78 is 10.5. The number of ether oxygens (including phenoxy) is 1. The average molecular weight is 335 g/mol. The van der Waals surface area contributed by atoms with Gasteiger partial charge >= 0.3 is 5.97 Å². The Hall–Kier alpha value is -2.08. The molecule has 0 atom stereocenters. The molecule has 0 spiro atoms. The Kier molecular flexibility index (Phi) is 5.60. The number of hydrogen-bond acceptors (Lipinski definition) is 5. The average Bonchev–Trinajstić information content (AvgIpc) is 3.02. The number of thiophene rings is 1. The minimum Gasteiger partial charge on any atom is -0.466 e. The SMILES string of the molecule is CCCc1cc(C(=O)OCC)c(NC(=O)c2cc(C)oc2C)s1. The van der Waals surface area contributed by atoms with Crippen molar-refractivity contribution in [3.63, 3.8) is 0 Å². The van der Waals surface area contributed by atoms with Gasteiger partial charge in [0.05, 0.1) is 17.7 Å². The Morgan fingerprint density at radius 3 is 2.52 bits per heavy atom. The monoisotopic (exact) mass is 335 g/mol. The van der Waals surface area contributed by atoms with Gasteiger partial charge < -0.3 is 14.5 Å². The van der Waals surface area contributed by atoms with E-state index in [4.69, 9.17) is 9.15 Å². The molecule has 2 rings (SSSR count). The van der Waals surface area contributed by atoms with Crippen molar-refractivity contribution in [1.82, 2.24) is 0 Å². The van der Waals surface area contributed by atoms with Gasteiger partial charge in [0.25, 0.3) is 5.91 Å². The van der Waals surface area contributed by atoms with E-state index in [2.05, 4.69) is 12.2 Å². The van der Waals surface area contributed by atoms with E-state index in [1.165, 1.54) is 11.3 Å². The fraction of sp³-hybridized carbons (Fsp3) is 0.412. The molecule has 0 aliphatic rings. The third kappa shape index (κ3) is 4.01. The summed E-state index contributed by atoms with van der Waals surface area (Å²) in [6, 6.07) is 3.49. The molecule has 2 aromatic heterocycles. The zero-order chi connectivity index (χ0) is 17.0. The number of rotatable bonds is 6. The van der Waals surface area contributed by atoms with Crippen LogP contribution in [0.5, 0.6) is 0 Å². The summed E-state index contributed by atoms with van der Waals surface area (Å²) in [6.07, 6.45) is 1.83. The van der Waals surface area contributed by atoms with Gasteiger partial charge in [-0.2, -0.15) is 0 Å². The maximum Gasteiger partial charge on any atom is 0.341 e. The Morgan fingerprint density at radius 1 is 1.22 bits per heavy atom. The fourth-order valence-corrected chi connectivity index (χ4v) is 3.43. The van der Waals surface area contributed by atoms with E-state index < -0.39 is 5.97 Å². The lowest BCUT2D eigenvalue weighted by molar-refractivity contribution is 0.0528. The van der Waals surface area contributed by atoms with Gasteiger partial charge in [0, 0.05) is 4.88 Å². The first-order chi connectivity index (χ1) is 11.0. The number of amides is 1. The topological polar surface area (TPSA) is 68.5 Å². The van der Waals surface area contributed by atoms with E-state index >= 15 is 0 Å². The van der Waals surface area contributed by atoms with E-state index in [0.717, 1.165) is 17.7 Å². The van der Waals surface area contributed by atoms with Crippen molar-refractivity contribution in [3.8, 4) is 0 Å². The zero-order valence-electron chi connectivity index (χ0n) is 13.8. The van der Waals surface area contributed by atoms with Crippen LogP contribution >= 0.6 is 11.3 Å². The summed E-state index contributed by atoms with van der Waals surface area (Å²) in [7, 11) is 0. The predicted molar refractivity (Wildman–Crippen MR) is 90.4 cm³/mol. The van der Waals surface area contributed by atoms with Crippen molar-refractivity contribution in [3.05, 3.63) is 39.7 Å². The van der Waals surface area contributed by atoms with Crippen molar-refractivity contribution in [1.29, 1.82) is 0 Å². The molecule has 0 radical (unpaired) electrons. The Morgan fingerprint density at radius 2 is 1.96 bits per heavy atom. The van der Waals surface area contributed by atoms with E-state index in [9.17, 15) is 9.59 Å². The van der Waals surface area contributed by atoms with Crippen LogP contribution in [-0.2, 0) is 11.2 Å². The molecule has 0 saturated heterocycles. The van der Waals surface area contributed by atoms with Crippen LogP contribution in [0.25, 0.3) is 0 Å². The molecule has 2 heterocycles. The van der Waals surface area contributed by atoms with Gasteiger partial charge in [-0.15, -0.1) is 11.3 Å². The standard InChI is InChI=1S/C17H21NO4S/c1-5-7-12-9-14(17(20)21-6-2)16(23-12)18-15(19)13-8-10(3)22-11(13)4/h8-9H,5-7H2,1-4H3,(H,18,19). The molecule has 0 aliphatic heterocycles. The first kappa shape index (κ1) is 17.3. The summed E-state index contributed by atoms with van der Waals surface area (Å²) in [5.74, 6) is 0.537. The quantitative estimate of drug-likeness (QED) is 0.797. The van der Waals surface area contributed by atoms with Gasteiger partial charge in [0.15, 0.2) is 0 Å². The molecule has 0 aromatic carbocycles. The number of nitrogens with one attached hydrogen (secondary N) is 1. The maximum atomic E-state index is 12.4. The van der Waals surface area contributed by atoms with Crippen LogP contribution in [0.3, 0.4) is 0 Å². The fourth-order valence-electron chi connectivity index (χ4n) is 2.29. The van der Waals surface area contributed by atoms with Crippen molar-refractivity contribution < 1.29 is 18.7 Å². The van der Waals surface area contributed by atoms with Crippen LogP contribution in [0.2, 0.25) is 0 Å². The van der Waals surface area contributed by atoms with Crippen molar-refractivity contribution in [2.75, 3.05) is 11.9 Å². The lowest BCUT2D eigenvalue weighted by atomic mass is 10.2. The van der Waals surface area contributed by atoms with Gasteiger partial charge in [-0.3, -0.25) is 4.79 Å². The summed E-state index contributed by atoms with van der Waals surface area (Å²) in [6.45, 7) is 7.65. The molecular formula is C17H21NO4S. The second-order valence-corrected chi connectivity index (χ2v) is 6.34. The second kappa shape index (κ2) is 7.46. The molecule has 2 aromatic rings. The molecular weight excluding hydrogens is 314 g/mol. The van der Waals surface area contributed by atoms with Gasteiger partial charge in [0.1, 0.15) is 16.5 Å². The molecule has 0 bridgehead atoms. The molecule has 0 aliphatic carbocycles. The highest BCUT2D eigenvalue weighted by Gasteiger charge is 2.21. The second-order valence-electron chi connectivity index (χ2n) is 5.21. The Bertz CT molecular complexity index is 714. The third-order valence-corrected chi connectivity index (χ3v) is 4.40. The Balaban J connectivity index is 2.28. The minimum atomic E-state index is -0.415. The molecule has 23 heavy (non-hydrogen) atoms. The van der Waals surface area contributed by atoms with Gasteiger partial charge in [0.2, 0.25) is 0 Å². The van der Waals surface area contributed by atoms with E-state index in [1.54, 1.807) is 32.9 Å². The molecule has 0 saturated carbocycles. The van der Waals surface area contributed by atoms with Crippen LogP contribution in [0.4, 0.5) is 5.00 Å². The van der Waals surface area contributed by atoms with E-state index in [0.29, 0.717) is 34.3 Å². The summed E-state index contributed by atoms with van der Waals surface area (Å²) in [5, 5.41) is 3.34. The number of furan rings is 1. The van der Waals surface area contributed by atoms with Crippen LogP contribution in [0.15, 0.2) is 16.5 Å². The maximum absolute atomic E-state index is 12.4.